The van der Waals surface area contributed by atoms with E-state index in [2.05, 4.69) is 13.0 Å². The molecule has 10 heavy (non-hydrogen) atoms. The molecule has 1 fully saturated rings. The second-order valence-corrected chi connectivity index (χ2v) is 3.32. The largest absolute Gasteiger partial charge is 0.198 e. The van der Waals surface area contributed by atoms with E-state index in [9.17, 15) is 0 Å². The normalized spacial score (nSPS) is 32.0. The number of rotatable bonds is 2. The van der Waals surface area contributed by atoms with Crippen molar-refractivity contribution in [3.63, 3.8) is 0 Å². The van der Waals surface area contributed by atoms with Gasteiger partial charge in [-0.15, -0.1) is 0 Å². The van der Waals surface area contributed by atoms with Gasteiger partial charge >= 0.3 is 0 Å². The van der Waals surface area contributed by atoms with Crippen molar-refractivity contribution < 1.29 is 0 Å². The summed E-state index contributed by atoms with van der Waals surface area (Å²) in [5.41, 5.74) is 0. The second kappa shape index (κ2) is 3.61. The lowest BCUT2D eigenvalue weighted by molar-refractivity contribution is 0.486. The summed E-state index contributed by atoms with van der Waals surface area (Å²) in [4.78, 5) is 0. The molecule has 0 aromatic heterocycles. The van der Waals surface area contributed by atoms with Gasteiger partial charge < -0.3 is 0 Å². The fourth-order valence-corrected chi connectivity index (χ4v) is 1.86. The van der Waals surface area contributed by atoms with Crippen LogP contribution in [0.5, 0.6) is 0 Å². The zero-order valence-corrected chi connectivity index (χ0v) is 6.64. The van der Waals surface area contributed by atoms with Crippen LogP contribution in [-0.4, -0.2) is 0 Å². The summed E-state index contributed by atoms with van der Waals surface area (Å²) in [5, 5.41) is 8.44. The van der Waals surface area contributed by atoms with Crippen molar-refractivity contribution in [1.29, 1.82) is 5.26 Å². The van der Waals surface area contributed by atoms with Crippen LogP contribution in [-0.2, 0) is 0 Å². The van der Waals surface area contributed by atoms with E-state index in [1.807, 2.05) is 0 Å². The van der Waals surface area contributed by atoms with E-state index in [4.69, 9.17) is 5.26 Å². The average Bonchev–Trinajstić information content (AvgIpc) is 2.37. The van der Waals surface area contributed by atoms with E-state index in [-0.39, 0.29) is 0 Å². The molecule has 1 rings (SSSR count). The van der Waals surface area contributed by atoms with E-state index < -0.39 is 0 Å². The van der Waals surface area contributed by atoms with Gasteiger partial charge in [0.1, 0.15) is 0 Å². The summed E-state index contributed by atoms with van der Waals surface area (Å²) in [7, 11) is 0. The first-order valence-electron chi connectivity index (χ1n) is 4.23. The summed E-state index contributed by atoms with van der Waals surface area (Å²) in [6.45, 7) is 2.25. The van der Waals surface area contributed by atoms with Crippen molar-refractivity contribution in [2.45, 2.75) is 39.0 Å². The zero-order chi connectivity index (χ0) is 7.40. The lowest BCUT2D eigenvalue weighted by Crippen LogP contribution is -1.93. The van der Waals surface area contributed by atoms with Crippen LogP contribution in [0.3, 0.4) is 0 Å². The fraction of sp³-hybridized carbons (Fsp3) is 0.889. The van der Waals surface area contributed by atoms with E-state index in [1.54, 1.807) is 0 Å². The molecule has 0 amide bonds. The molecule has 0 spiro atoms. The molecule has 2 unspecified atom stereocenters. The van der Waals surface area contributed by atoms with Crippen LogP contribution < -0.4 is 0 Å². The maximum atomic E-state index is 8.44. The van der Waals surface area contributed by atoms with Crippen LogP contribution in [0, 0.1) is 23.2 Å². The minimum absolute atomic E-state index is 0.731. The maximum Gasteiger partial charge on any atom is 0.0624 e. The second-order valence-electron chi connectivity index (χ2n) is 3.32. The van der Waals surface area contributed by atoms with Crippen molar-refractivity contribution in [2.24, 2.45) is 11.8 Å². The lowest BCUT2D eigenvalue weighted by atomic mass is 10.0. The Bertz CT molecular complexity index is 134. The Morgan fingerprint density at radius 2 is 2.10 bits per heavy atom. The predicted molar refractivity (Wildman–Crippen MR) is 41.4 cm³/mol. The number of nitrogens with zero attached hydrogens (tertiary/aromatic N) is 1. The Morgan fingerprint density at radius 1 is 1.40 bits per heavy atom. The highest BCUT2D eigenvalue weighted by molar-refractivity contribution is 4.82. The summed E-state index contributed by atoms with van der Waals surface area (Å²) in [6, 6.07) is 2.25. The molecule has 1 aliphatic rings. The number of hydrogen-bond acceptors (Lipinski definition) is 1. The fourth-order valence-electron chi connectivity index (χ4n) is 1.86. The van der Waals surface area contributed by atoms with E-state index in [1.165, 1.54) is 25.7 Å². The molecule has 1 heteroatoms. The molecule has 0 N–H and O–H groups in total. The summed E-state index contributed by atoms with van der Waals surface area (Å²) >= 11 is 0. The molecular weight excluding hydrogens is 122 g/mol. The average molecular weight is 137 g/mol. The van der Waals surface area contributed by atoms with Gasteiger partial charge in [-0.3, -0.25) is 0 Å². The Morgan fingerprint density at radius 3 is 2.60 bits per heavy atom. The molecule has 2 atom stereocenters. The van der Waals surface area contributed by atoms with Gasteiger partial charge in [0, 0.05) is 6.42 Å². The van der Waals surface area contributed by atoms with Crippen LogP contribution in [0.4, 0.5) is 0 Å². The van der Waals surface area contributed by atoms with Crippen molar-refractivity contribution in [3.05, 3.63) is 0 Å². The molecule has 0 aromatic carbocycles. The highest BCUT2D eigenvalue weighted by atomic mass is 14.3. The highest BCUT2D eigenvalue weighted by Gasteiger charge is 2.22. The maximum absolute atomic E-state index is 8.44. The van der Waals surface area contributed by atoms with E-state index in [0.29, 0.717) is 0 Å². The van der Waals surface area contributed by atoms with Crippen molar-refractivity contribution in [1.82, 2.24) is 0 Å². The van der Waals surface area contributed by atoms with Gasteiger partial charge in [0.2, 0.25) is 0 Å². The molecule has 0 heterocycles. The number of nitriles is 1. The SMILES string of the molecule is CCC1CCC(CC#N)C1. The van der Waals surface area contributed by atoms with Crippen molar-refractivity contribution in [2.75, 3.05) is 0 Å². The summed E-state index contributed by atoms with van der Waals surface area (Å²) < 4.78 is 0. The van der Waals surface area contributed by atoms with Gasteiger partial charge in [-0.2, -0.15) is 5.26 Å². The topological polar surface area (TPSA) is 23.8 Å². The van der Waals surface area contributed by atoms with Crippen LogP contribution in [0.2, 0.25) is 0 Å². The van der Waals surface area contributed by atoms with Gasteiger partial charge in [-0.25, -0.2) is 0 Å². The third-order valence-corrected chi connectivity index (χ3v) is 2.61. The molecule has 1 saturated carbocycles. The van der Waals surface area contributed by atoms with Crippen molar-refractivity contribution in [3.8, 4) is 6.07 Å². The van der Waals surface area contributed by atoms with Gasteiger partial charge in [-0.05, 0) is 24.7 Å². The quantitative estimate of drug-likeness (QED) is 0.574. The molecule has 0 aliphatic heterocycles. The highest BCUT2D eigenvalue weighted by Crippen LogP contribution is 2.34. The third-order valence-electron chi connectivity index (χ3n) is 2.61. The molecular formula is C9H15N. The first-order valence-corrected chi connectivity index (χ1v) is 4.23. The van der Waals surface area contributed by atoms with Crippen molar-refractivity contribution >= 4 is 0 Å². The lowest BCUT2D eigenvalue weighted by Gasteiger charge is -2.04. The Labute approximate surface area is 63.0 Å². The molecule has 0 aromatic rings. The smallest absolute Gasteiger partial charge is 0.0624 e. The summed E-state index contributed by atoms with van der Waals surface area (Å²) in [6.07, 6.45) is 6.07. The Balaban J connectivity index is 2.23. The first-order chi connectivity index (χ1) is 4.86. The molecule has 0 radical (unpaired) electrons. The van der Waals surface area contributed by atoms with Crippen LogP contribution in [0.15, 0.2) is 0 Å². The van der Waals surface area contributed by atoms with Gasteiger partial charge in [0.25, 0.3) is 0 Å². The zero-order valence-electron chi connectivity index (χ0n) is 6.64. The predicted octanol–water partition coefficient (Wildman–Crippen LogP) is 2.73. The first kappa shape index (κ1) is 7.60. The molecule has 0 saturated heterocycles. The van der Waals surface area contributed by atoms with E-state index >= 15 is 0 Å². The monoisotopic (exact) mass is 137 g/mol. The van der Waals surface area contributed by atoms with Crippen LogP contribution >= 0.6 is 0 Å². The van der Waals surface area contributed by atoms with E-state index in [0.717, 1.165) is 18.3 Å². The third kappa shape index (κ3) is 1.73. The van der Waals surface area contributed by atoms with Gasteiger partial charge in [-0.1, -0.05) is 19.8 Å². The minimum atomic E-state index is 0.731. The molecule has 0 bridgehead atoms. The molecule has 1 nitrogen and oxygen atoms in total. The van der Waals surface area contributed by atoms with Gasteiger partial charge in [0.15, 0.2) is 0 Å². The Kier molecular flexibility index (Phi) is 2.74. The summed E-state index contributed by atoms with van der Waals surface area (Å²) in [5.74, 6) is 1.66. The number of hydrogen-bond donors (Lipinski definition) is 0. The van der Waals surface area contributed by atoms with Gasteiger partial charge in [0.05, 0.1) is 6.07 Å². The molecule has 56 valence electrons. The minimum Gasteiger partial charge on any atom is -0.198 e. The molecule has 1 aliphatic carbocycles. The van der Waals surface area contributed by atoms with Crippen LogP contribution in [0.25, 0.3) is 0 Å². The van der Waals surface area contributed by atoms with Crippen LogP contribution in [0.1, 0.15) is 39.0 Å². The standard InChI is InChI=1S/C9H15N/c1-2-8-3-4-9(7-8)5-6-10/h8-9H,2-5,7H2,1H3. The Hall–Kier alpha value is -0.510.